The van der Waals surface area contributed by atoms with Gasteiger partial charge in [-0.25, -0.2) is 4.98 Å². The summed E-state index contributed by atoms with van der Waals surface area (Å²) < 4.78 is 10.4. The van der Waals surface area contributed by atoms with E-state index >= 15 is 0 Å². The molecule has 100 valence electrons. The Bertz CT molecular complexity index is 634. The second-order valence-electron chi connectivity index (χ2n) is 4.45. The maximum absolute atomic E-state index is 5.64. The summed E-state index contributed by atoms with van der Waals surface area (Å²) in [6, 6.07) is 15.7. The van der Waals surface area contributed by atoms with Gasteiger partial charge in [-0.1, -0.05) is 41.6 Å². The van der Waals surface area contributed by atoms with Crippen molar-refractivity contribution >= 4 is 0 Å². The zero-order valence-corrected chi connectivity index (χ0v) is 10.9. The molecule has 0 aliphatic heterocycles. The Balaban J connectivity index is 1.59. The summed E-state index contributed by atoms with van der Waals surface area (Å²) in [7, 11) is 0. The van der Waals surface area contributed by atoms with E-state index in [-0.39, 0.29) is 0 Å². The molecule has 0 atom stereocenters. The third-order valence-corrected chi connectivity index (χ3v) is 2.90. The summed E-state index contributed by atoms with van der Waals surface area (Å²) >= 11 is 0. The highest BCUT2D eigenvalue weighted by molar-refractivity contribution is 5.22. The van der Waals surface area contributed by atoms with Gasteiger partial charge in [0.1, 0.15) is 12.9 Å². The SMILES string of the molecule is c1ccc(COc2ccc(Cc3ccon3)cn2)cc1. The van der Waals surface area contributed by atoms with E-state index < -0.39 is 0 Å². The molecule has 0 radical (unpaired) electrons. The Labute approximate surface area is 117 Å². The Morgan fingerprint density at radius 2 is 1.85 bits per heavy atom. The minimum absolute atomic E-state index is 0.524. The number of benzene rings is 1. The van der Waals surface area contributed by atoms with E-state index in [1.807, 2.05) is 48.5 Å². The zero-order valence-electron chi connectivity index (χ0n) is 10.9. The van der Waals surface area contributed by atoms with Crippen LogP contribution in [0.2, 0.25) is 0 Å². The second kappa shape index (κ2) is 6.02. The molecule has 0 amide bonds. The first kappa shape index (κ1) is 12.4. The number of ether oxygens (including phenoxy) is 1. The van der Waals surface area contributed by atoms with E-state index in [4.69, 9.17) is 9.26 Å². The van der Waals surface area contributed by atoms with E-state index in [0.29, 0.717) is 18.9 Å². The highest BCUT2D eigenvalue weighted by Gasteiger charge is 2.01. The highest BCUT2D eigenvalue weighted by Crippen LogP contribution is 2.12. The standard InChI is InChI=1S/C16H14N2O2/c1-2-4-13(5-3-1)12-19-16-7-6-14(11-17-16)10-15-8-9-20-18-15/h1-9,11H,10,12H2. The fourth-order valence-electron chi connectivity index (χ4n) is 1.87. The molecule has 3 aromatic rings. The fourth-order valence-corrected chi connectivity index (χ4v) is 1.87. The predicted octanol–water partition coefficient (Wildman–Crippen LogP) is 3.24. The summed E-state index contributed by atoms with van der Waals surface area (Å²) in [5.41, 5.74) is 3.09. The first-order valence-corrected chi connectivity index (χ1v) is 6.41. The highest BCUT2D eigenvalue weighted by atomic mass is 16.5. The monoisotopic (exact) mass is 266 g/mol. The molecule has 4 nitrogen and oxygen atoms in total. The molecule has 2 aromatic heterocycles. The van der Waals surface area contributed by atoms with Crippen LogP contribution in [0.3, 0.4) is 0 Å². The van der Waals surface area contributed by atoms with Crippen LogP contribution in [0.4, 0.5) is 0 Å². The van der Waals surface area contributed by atoms with Gasteiger partial charge >= 0.3 is 0 Å². The molecule has 4 heteroatoms. The van der Waals surface area contributed by atoms with Crippen LogP contribution in [0.5, 0.6) is 5.88 Å². The van der Waals surface area contributed by atoms with Crippen LogP contribution in [-0.2, 0) is 13.0 Å². The Morgan fingerprint density at radius 1 is 0.950 bits per heavy atom. The number of nitrogens with zero attached hydrogens (tertiary/aromatic N) is 2. The maximum Gasteiger partial charge on any atom is 0.213 e. The van der Waals surface area contributed by atoms with Gasteiger partial charge < -0.3 is 9.26 Å². The molecular weight excluding hydrogens is 252 g/mol. The molecule has 0 N–H and O–H groups in total. The quantitative estimate of drug-likeness (QED) is 0.711. The number of hydrogen-bond donors (Lipinski definition) is 0. The Morgan fingerprint density at radius 3 is 2.55 bits per heavy atom. The average molecular weight is 266 g/mol. The van der Waals surface area contributed by atoms with Crippen molar-refractivity contribution in [3.63, 3.8) is 0 Å². The van der Waals surface area contributed by atoms with Crippen molar-refractivity contribution in [2.45, 2.75) is 13.0 Å². The van der Waals surface area contributed by atoms with Crippen LogP contribution in [-0.4, -0.2) is 10.1 Å². The summed E-state index contributed by atoms with van der Waals surface area (Å²) in [6.07, 6.45) is 4.08. The van der Waals surface area contributed by atoms with Gasteiger partial charge in [0.15, 0.2) is 0 Å². The average Bonchev–Trinajstić information content (AvgIpc) is 3.01. The van der Waals surface area contributed by atoms with Crippen LogP contribution in [0.15, 0.2) is 65.5 Å². The normalized spacial score (nSPS) is 10.4. The third-order valence-electron chi connectivity index (χ3n) is 2.90. The van der Waals surface area contributed by atoms with Crippen molar-refractivity contribution < 1.29 is 9.26 Å². The van der Waals surface area contributed by atoms with Crippen LogP contribution in [0, 0.1) is 0 Å². The van der Waals surface area contributed by atoms with Gasteiger partial charge in [0.25, 0.3) is 0 Å². The second-order valence-corrected chi connectivity index (χ2v) is 4.45. The van der Waals surface area contributed by atoms with E-state index in [1.165, 1.54) is 0 Å². The third kappa shape index (κ3) is 3.23. The van der Waals surface area contributed by atoms with Crippen molar-refractivity contribution in [2.24, 2.45) is 0 Å². The first-order valence-electron chi connectivity index (χ1n) is 6.41. The molecule has 20 heavy (non-hydrogen) atoms. The Kier molecular flexibility index (Phi) is 3.73. The number of aromatic nitrogens is 2. The van der Waals surface area contributed by atoms with Crippen molar-refractivity contribution in [1.82, 2.24) is 10.1 Å². The molecule has 0 bridgehead atoms. The van der Waals surface area contributed by atoms with E-state index in [2.05, 4.69) is 10.1 Å². The Hall–Kier alpha value is -2.62. The lowest BCUT2D eigenvalue weighted by Crippen LogP contribution is -1.97. The van der Waals surface area contributed by atoms with E-state index in [9.17, 15) is 0 Å². The molecule has 1 aromatic carbocycles. The summed E-state index contributed by atoms with van der Waals surface area (Å²) in [4.78, 5) is 4.29. The minimum atomic E-state index is 0.524. The summed E-state index contributed by atoms with van der Waals surface area (Å²) in [6.45, 7) is 0.524. The van der Waals surface area contributed by atoms with Gasteiger partial charge in [-0.05, 0) is 11.1 Å². The molecule has 0 unspecified atom stereocenters. The molecule has 0 saturated heterocycles. The summed E-state index contributed by atoms with van der Waals surface area (Å²) in [5, 5.41) is 3.88. The topological polar surface area (TPSA) is 48.2 Å². The van der Waals surface area contributed by atoms with Gasteiger partial charge in [0.2, 0.25) is 5.88 Å². The van der Waals surface area contributed by atoms with Crippen LogP contribution in [0.25, 0.3) is 0 Å². The van der Waals surface area contributed by atoms with Crippen molar-refractivity contribution in [3.8, 4) is 5.88 Å². The van der Waals surface area contributed by atoms with E-state index in [0.717, 1.165) is 16.8 Å². The predicted molar refractivity (Wildman–Crippen MR) is 74.3 cm³/mol. The fraction of sp³-hybridized carbons (Fsp3) is 0.125. The van der Waals surface area contributed by atoms with Gasteiger partial charge in [-0.3, -0.25) is 0 Å². The van der Waals surface area contributed by atoms with Crippen LogP contribution >= 0.6 is 0 Å². The maximum atomic E-state index is 5.64. The number of hydrogen-bond acceptors (Lipinski definition) is 4. The smallest absolute Gasteiger partial charge is 0.213 e. The largest absolute Gasteiger partial charge is 0.473 e. The molecule has 0 aliphatic rings. The van der Waals surface area contributed by atoms with Crippen molar-refractivity contribution in [1.29, 1.82) is 0 Å². The van der Waals surface area contributed by atoms with E-state index in [1.54, 1.807) is 12.5 Å². The van der Waals surface area contributed by atoms with Gasteiger partial charge in [0.05, 0.1) is 5.69 Å². The van der Waals surface area contributed by atoms with Gasteiger partial charge in [-0.15, -0.1) is 0 Å². The molecule has 0 saturated carbocycles. The molecule has 0 aliphatic carbocycles. The first-order chi connectivity index (χ1) is 9.90. The van der Waals surface area contributed by atoms with Gasteiger partial charge in [-0.2, -0.15) is 0 Å². The van der Waals surface area contributed by atoms with Crippen molar-refractivity contribution in [3.05, 3.63) is 77.8 Å². The lowest BCUT2D eigenvalue weighted by molar-refractivity contribution is 0.294. The minimum Gasteiger partial charge on any atom is -0.473 e. The molecular formula is C16H14N2O2. The van der Waals surface area contributed by atoms with Crippen LogP contribution in [0.1, 0.15) is 16.8 Å². The lowest BCUT2D eigenvalue weighted by atomic mass is 10.2. The lowest BCUT2D eigenvalue weighted by Gasteiger charge is -2.05. The zero-order chi connectivity index (χ0) is 13.6. The molecule has 2 heterocycles. The number of pyridine rings is 1. The summed E-state index contributed by atoms with van der Waals surface area (Å²) in [5.74, 6) is 0.623. The van der Waals surface area contributed by atoms with Crippen molar-refractivity contribution in [2.75, 3.05) is 0 Å². The molecule has 3 rings (SSSR count). The molecule has 0 spiro atoms. The van der Waals surface area contributed by atoms with Crippen LogP contribution < -0.4 is 4.74 Å². The number of rotatable bonds is 5. The van der Waals surface area contributed by atoms with Gasteiger partial charge in [0, 0.05) is 24.8 Å². The molecule has 0 fully saturated rings.